The van der Waals surface area contributed by atoms with Crippen LogP contribution in [0.25, 0.3) is 110 Å². The molecule has 5 nitrogen and oxygen atoms in total. The Morgan fingerprint density at radius 3 is 1.61 bits per heavy atom. The SMILES string of the molecule is c1ccc(-c2nc(-c3ccc4ccccc4c3)nc(-c3ccc4c5ccccc5n5c6ccccc6c6cccc(c65)n5c6ccccc6c3c45)n2)cc1. The first-order valence-electron chi connectivity index (χ1n) is 18.3. The van der Waals surface area contributed by atoms with E-state index in [0.29, 0.717) is 17.5 Å². The summed E-state index contributed by atoms with van der Waals surface area (Å²) in [6, 6.07) is 62.6. The van der Waals surface area contributed by atoms with Gasteiger partial charge in [0.15, 0.2) is 17.5 Å². The molecule has 0 saturated carbocycles. The molecule has 8 aromatic carbocycles. The quantitative estimate of drug-likeness (QED) is 0.186. The van der Waals surface area contributed by atoms with E-state index in [4.69, 9.17) is 15.0 Å². The Balaban J connectivity index is 1.27. The Morgan fingerprint density at radius 1 is 0.315 bits per heavy atom. The molecular weight excluding hydrogens is 659 g/mol. The van der Waals surface area contributed by atoms with E-state index in [-0.39, 0.29) is 0 Å². The van der Waals surface area contributed by atoms with Crippen molar-refractivity contribution in [3.63, 3.8) is 0 Å². The molecule has 12 aromatic rings. The topological polar surface area (TPSA) is 47.5 Å². The van der Waals surface area contributed by atoms with E-state index in [1.54, 1.807) is 0 Å². The van der Waals surface area contributed by atoms with Crippen LogP contribution in [-0.4, -0.2) is 23.8 Å². The summed E-state index contributed by atoms with van der Waals surface area (Å²) in [6.07, 6.45) is 0. The lowest BCUT2D eigenvalue weighted by molar-refractivity contribution is 1.08. The maximum absolute atomic E-state index is 5.30. The van der Waals surface area contributed by atoms with Gasteiger partial charge in [0, 0.05) is 49.0 Å². The molecule has 0 saturated heterocycles. The lowest BCUT2D eigenvalue weighted by Crippen LogP contribution is -2.01. The third kappa shape index (κ3) is 4.06. The molecule has 0 aliphatic heterocycles. The van der Waals surface area contributed by atoms with Crippen LogP contribution in [0.5, 0.6) is 0 Å². The van der Waals surface area contributed by atoms with Gasteiger partial charge < -0.3 is 8.80 Å². The molecule has 12 rings (SSSR count). The zero-order valence-corrected chi connectivity index (χ0v) is 29.0. The van der Waals surface area contributed by atoms with Crippen molar-refractivity contribution in [2.75, 3.05) is 0 Å². The number of fused-ring (bicyclic) bond motifs is 11. The van der Waals surface area contributed by atoms with E-state index >= 15 is 0 Å². The molecule has 0 spiro atoms. The smallest absolute Gasteiger partial charge is 0.164 e. The van der Waals surface area contributed by atoms with Crippen LogP contribution in [-0.2, 0) is 0 Å². The third-order valence-corrected chi connectivity index (χ3v) is 11.1. The van der Waals surface area contributed by atoms with E-state index in [0.717, 1.165) is 60.3 Å². The second kappa shape index (κ2) is 11.1. The first kappa shape index (κ1) is 29.2. The maximum atomic E-state index is 5.30. The summed E-state index contributed by atoms with van der Waals surface area (Å²) < 4.78 is 4.93. The summed E-state index contributed by atoms with van der Waals surface area (Å²) in [5, 5.41) is 9.40. The first-order chi connectivity index (χ1) is 26.8. The van der Waals surface area contributed by atoms with Gasteiger partial charge in [-0.2, -0.15) is 0 Å². The fourth-order valence-electron chi connectivity index (χ4n) is 8.75. The molecule has 0 atom stereocenters. The second-order valence-corrected chi connectivity index (χ2v) is 14.0. The van der Waals surface area contributed by atoms with Gasteiger partial charge >= 0.3 is 0 Å². The Hall–Kier alpha value is -7.37. The van der Waals surface area contributed by atoms with E-state index in [1.165, 1.54) is 32.6 Å². The highest BCUT2D eigenvalue weighted by Gasteiger charge is 2.23. The normalized spacial score (nSPS) is 12.1. The molecular formula is C49H29N5. The highest BCUT2D eigenvalue weighted by Crippen LogP contribution is 2.43. The van der Waals surface area contributed by atoms with Crippen LogP contribution in [0.3, 0.4) is 0 Å². The lowest BCUT2D eigenvalue weighted by Gasteiger charge is -2.13. The van der Waals surface area contributed by atoms with Gasteiger partial charge in [-0.3, -0.25) is 0 Å². The molecule has 250 valence electrons. The lowest BCUT2D eigenvalue weighted by atomic mass is 10.0. The minimum atomic E-state index is 0.643. The van der Waals surface area contributed by atoms with E-state index in [9.17, 15) is 0 Å². The minimum Gasteiger partial charge on any atom is -0.307 e. The molecule has 0 radical (unpaired) electrons. The van der Waals surface area contributed by atoms with Crippen molar-refractivity contribution in [2.24, 2.45) is 0 Å². The van der Waals surface area contributed by atoms with Crippen LogP contribution < -0.4 is 0 Å². The van der Waals surface area contributed by atoms with Gasteiger partial charge in [-0.05, 0) is 47.2 Å². The van der Waals surface area contributed by atoms with E-state index in [1.807, 2.05) is 18.2 Å². The fraction of sp³-hybridized carbons (Fsp3) is 0. The maximum Gasteiger partial charge on any atom is 0.164 e. The van der Waals surface area contributed by atoms with Crippen molar-refractivity contribution in [2.45, 2.75) is 0 Å². The largest absolute Gasteiger partial charge is 0.307 e. The highest BCUT2D eigenvalue weighted by atomic mass is 15.0. The Kier molecular flexibility index (Phi) is 5.99. The summed E-state index contributed by atoms with van der Waals surface area (Å²) in [7, 11) is 0. The van der Waals surface area contributed by atoms with E-state index < -0.39 is 0 Å². The van der Waals surface area contributed by atoms with Crippen LogP contribution in [0.4, 0.5) is 0 Å². The molecule has 0 aliphatic carbocycles. The van der Waals surface area contributed by atoms with Crippen molar-refractivity contribution in [1.29, 1.82) is 0 Å². The van der Waals surface area contributed by atoms with Gasteiger partial charge in [0.2, 0.25) is 0 Å². The zero-order chi connectivity index (χ0) is 35.3. The van der Waals surface area contributed by atoms with Gasteiger partial charge in [-0.25, -0.2) is 15.0 Å². The van der Waals surface area contributed by atoms with Crippen LogP contribution in [0.2, 0.25) is 0 Å². The molecule has 5 heteroatoms. The van der Waals surface area contributed by atoms with Gasteiger partial charge in [-0.1, -0.05) is 140 Å². The van der Waals surface area contributed by atoms with Crippen LogP contribution in [0, 0.1) is 0 Å². The van der Waals surface area contributed by atoms with E-state index in [2.05, 4.69) is 167 Å². The fourth-order valence-corrected chi connectivity index (χ4v) is 8.75. The number of aromatic nitrogens is 5. The molecule has 0 amide bonds. The number of nitrogens with zero attached hydrogens (tertiary/aromatic N) is 5. The number of benzene rings is 8. The molecule has 4 heterocycles. The Bertz CT molecular complexity index is 3500. The van der Waals surface area contributed by atoms with Crippen LogP contribution >= 0.6 is 0 Å². The van der Waals surface area contributed by atoms with Gasteiger partial charge in [0.25, 0.3) is 0 Å². The predicted molar refractivity (Wildman–Crippen MR) is 223 cm³/mol. The number of hydrogen-bond acceptors (Lipinski definition) is 3. The van der Waals surface area contributed by atoms with Crippen LogP contribution in [0.15, 0.2) is 176 Å². The summed E-state index contributed by atoms with van der Waals surface area (Å²) in [5.41, 5.74) is 9.82. The number of hydrogen-bond donors (Lipinski definition) is 0. The summed E-state index contributed by atoms with van der Waals surface area (Å²) in [6.45, 7) is 0. The molecule has 0 aliphatic rings. The monoisotopic (exact) mass is 687 g/mol. The Labute approximate surface area is 309 Å². The zero-order valence-electron chi connectivity index (χ0n) is 29.0. The molecule has 54 heavy (non-hydrogen) atoms. The molecule has 4 aromatic heterocycles. The second-order valence-electron chi connectivity index (χ2n) is 14.0. The van der Waals surface area contributed by atoms with Gasteiger partial charge in [0.05, 0.1) is 33.1 Å². The third-order valence-electron chi connectivity index (χ3n) is 11.1. The average Bonchev–Trinajstić information content (AvgIpc) is 3.76. The minimum absolute atomic E-state index is 0.643. The van der Waals surface area contributed by atoms with Crippen LogP contribution in [0.1, 0.15) is 0 Å². The van der Waals surface area contributed by atoms with Gasteiger partial charge in [-0.15, -0.1) is 0 Å². The van der Waals surface area contributed by atoms with Crippen molar-refractivity contribution in [3.05, 3.63) is 176 Å². The summed E-state index contributed by atoms with van der Waals surface area (Å²) in [4.78, 5) is 15.7. The average molecular weight is 688 g/mol. The number of rotatable bonds is 3. The van der Waals surface area contributed by atoms with Gasteiger partial charge in [0.1, 0.15) is 0 Å². The first-order valence-corrected chi connectivity index (χ1v) is 18.3. The number of para-hydroxylation sites is 4. The highest BCUT2D eigenvalue weighted by molar-refractivity contribution is 6.26. The molecule has 0 N–H and O–H groups in total. The standard InChI is InChI=1S/C49H29N5/c1-2-14-31(15-3-1)47-50-48(33-26-25-30-13-4-5-16-32(30)29-33)52-49(51-47)39-28-27-37-35-18-7-10-22-41(35)53-40-21-9-6-17-34(40)36-20-12-24-43(45(36)53)54-42-23-11-8-19-38(42)44(39)46(37)54/h1-29H. The van der Waals surface area contributed by atoms with Crippen molar-refractivity contribution in [3.8, 4) is 34.2 Å². The molecule has 0 unspecified atom stereocenters. The van der Waals surface area contributed by atoms with Crippen molar-refractivity contribution >= 4 is 76.2 Å². The summed E-state index contributed by atoms with van der Waals surface area (Å²) >= 11 is 0. The van der Waals surface area contributed by atoms with Crippen molar-refractivity contribution < 1.29 is 0 Å². The Morgan fingerprint density at radius 2 is 0.852 bits per heavy atom. The molecule has 0 fully saturated rings. The predicted octanol–water partition coefficient (Wildman–Crippen LogP) is 12.3. The summed E-state index contributed by atoms with van der Waals surface area (Å²) in [5.74, 6) is 1.93. The molecule has 0 bridgehead atoms. The van der Waals surface area contributed by atoms with Crippen molar-refractivity contribution in [1.82, 2.24) is 23.8 Å².